The molecule has 1 aliphatic heterocycles. The molecule has 13 heteroatoms. The van der Waals surface area contributed by atoms with Crippen LogP contribution in [0.5, 0.6) is 0 Å². The number of aromatic nitrogens is 4. The number of morpholine rings is 1. The lowest BCUT2D eigenvalue weighted by molar-refractivity contribution is -0.153. The predicted molar refractivity (Wildman–Crippen MR) is 146 cm³/mol. The van der Waals surface area contributed by atoms with Crippen LogP contribution < -0.4 is 15.5 Å². The van der Waals surface area contributed by atoms with Crippen molar-refractivity contribution in [2.24, 2.45) is 0 Å². The lowest BCUT2D eigenvalue weighted by Gasteiger charge is -2.36. The number of nitrogens with one attached hydrogen (secondary N) is 2. The zero-order valence-corrected chi connectivity index (χ0v) is 22.8. The number of ether oxygens (including phenoxy) is 1. The quantitative estimate of drug-likeness (QED) is 0.299. The van der Waals surface area contributed by atoms with E-state index in [0.29, 0.717) is 17.3 Å². The number of halogens is 3. The molecule has 5 rings (SSSR count). The van der Waals surface area contributed by atoms with E-state index in [2.05, 4.69) is 39.9 Å². The largest absolute Gasteiger partial charge is 0.452 e. The summed E-state index contributed by atoms with van der Waals surface area (Å²) < 4.78 is 50.3. The summed E-state index contributed by atoms with van der Waals surface area (Å²) in [5, 5.41) is 5.58. The van der Waals surface area contributed by atoms with Crippen molar-refractivity contribution in [3.05, 3.63) is 71.8 Å². The molecule has 0 bridgehead atoms. The number of hydrogen-bond acceptors (Lipinski definition) is 9. The van der Waals surface area contributed by atoms with Gasteiger partial charge < -0.3 is 24.7 Å². The van der Waals surface area contributed by atoms with E-state index in [0.717, 1.165) is 29.9 Å². The van der Waals surface area contributed by atoms with Gasteiger partial charge in [0.2, 0.25) is 11.7 Å². The summed E-state index contributed by atoms with van der Waals surface area (Å²) >= 11 is 0. The van der Waals surface area contributed by atoms with Gasteiger partial charge in [0.25, 0.3) is 5.91 Å². The van der Waals surface area contributed by atoms with E-state index in [1.165, 1.54) is 6.92 Å². The lowest BCUT2D eigenvalue weighted by Crippen LogP contribution is -2.45. The van der Waals surface area contributed by atoms with Crippen LogP contribution in [0.15, 0.2) is 53.3 Å². The van der Waals surface area contributed by atoms with Crippen molar-refractivity contribution in [2.45, 2.75) is 46.1 Å². The number of oxazole rings is 1. The molecular weight excluding hydrogens is 539 g/mol. The fraction of sp³-hybridized carbons (Fsp3) is 0.321. The molecule has 3 aromatic heterocycles. The van der Waals surface area contributed by atoms with Gasteiger partial charge in [-0.1, -0.05) is 6.07 Å². The third-order valence-electron chi connectivity index (χ3n) is 6.41. The predicted octanol–water partition coefficient (Wildman–Crippen LogP) is 5.77. The van der Waals surface area contributed by atoms with Gasteiger partial charge >= 0.3 is 6.18 Å². The summed E-state index contributed by atoms with van der Waals surface area (Å²) in [6.07, 6.45) is 0.509. The average Bonchev–Trinajstić information content (AvgIpc) is 3.33. The van der Waals surface area contributed by atoms with E-state index >= 15 is 0 Å². The normalized spacial score (nSPS) is 17.4. The Hall–Kier alpha value is -4.52. The first-order valence-electron chi connectivity index (χ1n) is 12.9. The van der Waals surface area contributed by atoms with Crippen LogP contribution in [0.3, 0.4) is 0 Å². The van der Waals surface area contributed by atoms with Crippen molar-refractivity contribution in [3.8, 4) is 11.3 Å². The Bertz CT molecular complexity index is 1560. The Morgan fingerprint density at radius 3 is 2.54 bits per heavy atom. The fourth-order valence-electron chi connectivity index (χ4n) is 4.63. The van der Waals surface area contributed by atoms with Gasteiger partial charge in [-0.3, -0.25) is 9.78 Å². The summed E-state index contributed by atoms with van der Waals surface area (Å²) in [6.45, 7) is 8.67. The van der Waals surface area contributed by atoms with E-state index in [-0.39, 0.29) is 23.8 Å². The van der Waals surface area contributed by atoms with Crippen LogP contribution >= 0.6 is 0 Å². The van der Waals surface area contributed by atoms with Crippen LogP contribution in [0, 0.1) is 13.8 Å². The molecule has 0 radical (unpaired) electrons. The smallest absolute Gasteiger partial charge is 0.436 e. The van der Waals surface area contributed by atoms with Gasteiger partial charge in [0.15, 0.2) is 11.6 Å². The number of rotatable bonds is 6. The molecule has 0 saturated carbocycles. The molecule has 41 heavy (non-hydrogen) atoms. The Balaban J connectivity index is 1.35. The number of pyridine rings is 1. The monoisotopic (exact) mass is 567 g/mol. The number of carbonyl (C=O) groups excluding carboxylic acids is 1. The molecular formula is C28H28F3N7O3. The Labute approximate surface area is 234 Å². The van der Waals surface area contributed by atoms with Crippen molar-refractivity contribution in [1.82, 2.24) is 19.9 Å². The molecule has 1 amide bonds. The third-order valence-corrected chi connectivity index (χ3v) is 6.41. The van der Waals surface area contributed by atoms with E-state index < -0.39 is 23.5 Å². The average molecular weight is 568 g/mol. The minimum atomic E-state index is -4.86. The third kappa shape index (κ3) is 6.46. The molecule has 4 aromatic rings. The second kappa shape index (κ2) is 11.2. The number of benzene rings is 1. The lowest BCUT2D eigenvalue weighted by atomic mass is 10.1. The van der Waals surface area contributed by atoms with E-state index in [1.54, 1.807) is 36.7 Å². The molecule has 0 aliphatic carbocycles. The molecule has 0 spiro atoms. The molecule has 10 nitrogen and oxygen atoms in total. The van der Waals surface area contributed by atoms with Crippen molar-refractivity contribution < 1.29 is 27.1 Å². The van der Waals surface area contributed by atoms with Gasteiger partial charge in [-0.15, -0.1) is 0 Å². The number of nitrogens with zero attached hydrogens (tertiary/aromatic N) is 5. The number of alkyl halides is 3. The summed E-state index contributed by atoms with van der Waals surface area (Å²) in [7, 11) is 0. The number of aryl methyl sites for hydroxylation is 2. The topological polar surface area (TPSA) is 118 Å². The van der Waals surface area contributed by atoms with Crippen LogP contribution in [-0.4, -0.2) is 51.1 Å². The van der Waals surface area contributed by atoms with Crippen LogP contribution in [0.4, 0.5) is 36.2 Å². The number of amides is 1. The van der Waals surface area contributed by atoms with Gasteiger partial charge in [-0.25, -0.2) is 15.0 Å². The van der Waals surface area contributed by atoms with Crippen LogP contribution in [0.2, 0.25) is 0 Å². The van der Waals surface area contributed by atoms with Crippen LogP contribution in [-0.2, 0) is 10.9 Å². The van der Waals surface area contributed by atoms with E-state index in [1.807, 2.05) is 33.0 Å². The fourth-order valence-corrected chi connectivity index (χ4v) is 4.63. The number of hydrogen-bond donors (Lipinski definition) is 2. The van der Waals surface area contributed by atoms with Crippen molar-refractivity contribution >= 4 is 28.9 Å². The summed E-state index contributed by atoms with van der Waals surface area (Å²) in [4.78, 5) is 31.8. The molecule has 1 aromatic carbocycles. The van der Waals surface area contributed by atoms with Crippen molar-refractivity contribution in [2.75, 3.05) is 28.6 Å². The van der Waals surface area contributed by atoms with Crippen LogP contribution in [0.25, 0.3) is 11.3 Å². The van der Waals surface area contributed by atoms with Gasteiger partial charge in [0.1, 0.15) is 0 Å². The van der Waals surface area contributed by atoms with Crippen molar-refractivity contribution in [3.63, 3.8) is 0 Å². The second-order valence-electron chi connectivity index (χ2n) is 9.88. The maximum atomic E-state index is 13.3. The molecule has 4 heterocycles. The standard InChI is InChI=1S/C28H28F3N7O3/c1-15-5-6-20(35-26(39)24-25(28(29,30)31)41-18(4)34-24)10-23(15)37-27-33-8-7-22(36-27)19-9-21(12-32-11-19)38-13-16(2)40-17(3)14-38/h5-12,16-17H,13-14H2,1-4H3,(H,35,39)(H,33,36,37). The highest BCUT2D eigenvalue weighted by atomic mass is 19.4. The second-order valence-corrected chi connectivity index (χ2v) is 9.88. The van der Waals surface area contributed by atoms with E-state index in [9.17, 15) is 18.0 Å². The minimum absolute atomic E-state index is 0.104. The van der Waals surface area contributed by atoms with Gasteiger partial charge in [-0.05, 0) is 50.6 Å². The summed E-state index contributed by atoms with van der Waals surface area (Å²) in [5.74, 6) is -2.46. The summed E-state index contributed by atoms with van der Waals surface area (Å²) in [5.41, 5.74) is 3.18. The Morgan fingerprint density at radius 2 is 1.80 bits per heavy atom. The highest BCUT2D eigenvalue weighted by Crippen LogP contribution is 2.33. The highest BCUT2D eigenvalue weighted by molar-refractivity contribution is 6.04. The number of anilines is 4. The van der Waals surface area contributed by atoms with E-state index in [4.69, 9.17) is 4.74 Å². The highest BCUT2D eigenvalue weighted by Gasteiger charge is 2.41. The first-order valence-corrected chi connectivity index (χ1v) is 12.9. The van der Waals surface area contributed by atoms with Gasteiger partial charge in [-0.2, -0.15) is 13.2 Å². The summed E-state index contributed by atoms with van der Waals surface area (Å²) in [6, 6.07) is 8.65. The molecule has 1 fully saturated rings. The van der Waals surface area contributed by atoms with Crippen LogP contribution in [0.1, 0.15) is 41.6 Å². The molecule has 2 unspecified atom stereocenters. The van der Waals surface area contributed by atoms with Gasteiger partial charge in [0, 0.05) is 49.3 Å². The first-order chi connectivity index (χ1) is 19.5. The molecule has 1 saturated heterocycles. The Kier molecular flexibility index (Phi) is 7.63. The molecule has 214 valence electrons. The maximum absolute atomic E-state index is 13.3. The Morgan fingerprint density at radius 1 is 1.05 bits per heavy atom. The van der Waals surface area contributed by atoms with Crippen molar-refractivity contribution in [1.29, 1.82) is 0 Å². The number of carbonyl (C=O) groups is 1. The minimum Gasteiger partial charge on any atom is -0.436 e. The van der Waals surface area contributed by atoms with Gasteiger partial charge in [0.05, 0.1) is 29.8 Å². The molecule has 2 atom stereocenters. The zero-order chi connectivity index (χ0) is 29.3. The molecule has 1 aliphatic rings. The maximum Gasteiger partial charge on any atom is 0.452 e. The molecule has 2 N–H and O–H groups in total. The first kappa shape index (κ1) is 28.0. The SMILES string of the molecule is Cc1nc(C(=O)Nc2ccc(C)c(Nc3nccc(-c4cncc(N5CC(C)OC(C)C5)c4)n3)c2)c(C(F)(F)F)o1. The zero-order valence-electron chi connectivity index (χ0n) is 22.8.